The topological polar surface area (TPSA) is 49.3 Å². The van der Waals surface area contributed by atoms with E-state index in [9.17, 15) is 18.0 Å². The number of carboxylic acids is 1. The maximum absolute atomic E-state index is 12.2. The van der Waals surface area contributed by atoms with Crippen LogP contribution in [0.15, 0.2) is 12.7 Å². The number of hydrogen-bond acceptors (Lipinski definition) is 3. The average molecular weight is 257 g/mol. The molecule has 0 aliphatic heterocycles. The molecule has 0 aromatic carbocycles. The SMILES string of the molecule is C=CCSCCNCC(C(=O)O)C(F)(F)F. The first-order chi connectivity index (χ1) is 7.39. The van der Waals surface area contributed by atoms with Gasteiger partial charge in [0.2, 0.25) is 0 Å². The Labute approximate surface area is 96.1 Å². The predicted molar refractivity (Wildman–Crippen MR) is 57.6 cm³/mol. The highest BCUT2D eigenvalue weighted by atomic mass is 32.2. The molecule has 0 rings (SSSR count). The van der Waals surface area contributed by atoms with E-state index in [0.717, 1.165) is 5.75 Å². The molecule has 1 atom stereocenters. The van der Waals surface area contributed by atoms with E-state index < -0.39 is 24.6 Å². The minimum atomic E-state index is -4.70. The van der Waals surface area contributed by atoms with Gasteiger partial charge in [-0.25, -0.2) is 0 Å². The Morgan fingerprint density at radius 3 is 2.62 bits per heavy atom. The standard InChI is InChI=1S/C9H14F3NO2S/c1-2-4-16-5-3-13-6-7(8(14)15)9(10,11)12/h2,7,13H,1,3-6H2,(H,14,15). The van der Waals surface area contributed by atoms with Crippen LogP contribution < -0.4 is 5.32 Å². The first kappa shape index (κ1) is 15.3. The predicted octanol–water partition coefficient (Wildman–Crippen LogP) is 1.76. The van der Waals surface area contributed by atoms with Crippen LogP contribution in [-0.2, 0) is 4.79 Å². The fourth-order valence-electron chi connectivity index (χ4n) is 0.900. The van der Waals surface area contributed by atoms with Crippen LogP contribution in [0, 0.1) is 5.92 Å². The van der Waals surface area contributed by atoms with Gasteiger partial charge in [-0.3, -0.25) is 4.79 Å². The largest absolute Gasteiger partial charge is 0.481 e. The minimum absolute atomic E-state index is 0.346. The second kappa shape index (κ2) is 7.56. The van der Waals surface area contributed by atoms with Gasteiger partial charge in [-0.2, -0.15) is 24.9 Å². The molecule has 0 aliphatic rings. The van der Waals surface area contributed by atoms with Crippen LogP contribution in [0.25, 0.3) is 0 Å². The lowest BCUT2D eigenvalue weighted by atomic mass is 10.1. The number of aliphatic carboxylic acids is 1. The van der Waals surface area contributed by atoms with E-state index in [4.69, 9.17) is 5.11 Å². The van der Waals surface area contributed by atoms with Crippen LogP contribution in [0.4, 0.5) is 13.2 Å². The molecular formula is C9H14F3NO2S. The van der Waals surface area contributed by atoms with Crippen molar-refractivity contribution in [3.05, 3.63) is 12.7 Å². The van der Waals surface area contributed by atoms with E-state index in [1.54, 1.807) is 6.08 Å². The smallest absolute Gasteiger partial charge is 0.403 e. The van der Waals surface area contributed by atoms with Crippen molar-refractivity contribution in [3.8, 4) is 0 Å². The van der Waals surface area contributed by atoms with Crippen molar-refractivity contribution < 1.29 is 23.1 Å². The third kappa shape index (κ3) is 6.73. The molecule has 2 N–H and O–H groups in total. The number of halogens is 3. The van der Waals surface area contributed by atoms with Gasteiger partial charge in [-0.1, -0.05) is 6.08 Å². The molecule has 0 amide bonds. The van der Waals surface area contributed by atoms with E-state index in [-0.39, 0.29) is 0 Å². The van der Waals surface area contributed by atoms with E-state index in [0.29, 0.717) is 12.3 Å². The van der Waals surface area contributed by atoms with Gasteiger partial charge < -0.3 is 10.4 Å². The number of hydrogen-bond donors (Lipinski definition) is 2. The molecule has 0 bridgehead atoms. The molecule has 0 aromatic rings. The number of thioether (sulfide) groups is 1. The summed E-state index contributed by atoms with van der Waals surface area (Å²) in [5.41, 5.74) is 0. The van der Waals surface area contributed by atoms with Gasteiger partial charge in [-0.05, 0) is 0 Å². The third-order valence-corrected chi connectivity index (χ3v) is 2.66. The Hall–Kier alpha value is -0.690. The van der Waals surface area contributed by atoms with E-state index in [2.05, 4.69) is 11.9 Å². The molecule has 0 saturated carbocycles. The Bertz CT molecular complexity index is 233. The zero-order chi connectivity index (χ0) is 12.6. The summed E-state index contributed by atoms with van der Waals surface area (Å²) in [5.74, 6) is -2.84. The number of carboxylic acid groups (broad SMARTS) is 1. The number of nitrogens with one attached hydrogen (secondary N) is 1. The Kier molecular flexibility index (Phi) is 7.24. The lowest BCUT2D eigenvalue weighted by molar-refractivity contribution is -0.192. The first-order valence-electron chi connectivity index (χ1n) is 4.58. The molecule has 0 aliphatic carbocycles. The highest BCUT2D eigenvalue weighted by molar-refractivity contribution is 7.99. The Morgan fingerprint density at radius 1 is 1.56 bits per heavy atom. The van der Waals surface area contributed by atoms with Crippen molar-refractivity contribution >= 4 is 17.7 Å². The van der Waals surface area contributed by atoms with Gasteiger partial charge in [-0.15, -0.1) is 6.58 Å². The summed E-state index contributed by atoms with van der Waals surface area (Å²) < 4.78 is 36.5. The molecule has 0 fully saturated rings. The van der Waals surface area contributed by atoms with E-state index >= 15 is 0 Å². The van der Waals surface area contributed by atoms with Crippen molar-refractivity contribution in [1.82, 2.24) is 5.32 Å². The summed E-state index contributed by atoms with van der Waals surface area (Å²) in [5, 5.41) is 10.8. The van der Waals surface area contributed by atoms with Crippen molar-refractivity contribution in [1.29, 1.82) is 0 Å². The van der Waals surface area contributed by atoms with Gasteiger partial charge in [0.15, 0.2) is 5.92 Å². The van der Waals surface area contributed by atoms with E-state index in [1.807, 2.05) is 0 Å². The average Bonchev–Trinajstić information content (AvgIpc) is 2.13. The van der Waals surface area contributed by atoms with Crippen LogP contribution >= 0.6 is 11.8 Å². The lowest BCUT2D eigenvalue weighted by Crippen LogP contribution is -2.39. The highest BCUT2D eigenvalue weighted by Crippen LogP contribution is 2.25. The van der Waals surface area contributed by atoms with Crippen LogP contribution in [-0.4, -0.2) is 41.8 Å². The van der Waals surface area contributed by atoms with Crippen LogP contribution in [0.2, 0.25) is 0 Å². The second-order valence-corrected chi connectivity index (χ2v) is 4.15. The van der Waals surface area contributed by atoms with Crippen LogP contribution in [0.1, 0.15) is 0 Å². The maximum Gasteiger partial charge on any atom is 0.403 e. The summed E-state index contributed by atoms with van der Waals surface area (Å²) in [4.78, 5) is 10.3. The normalized spacial score (nSPS) is 13.4. The molecule has 7 heteroatoms. The van der Waals surface area contributed by atoms with Crippen LogP contribution in [0.5, 0.6) is 0 Å². The Morgan fingerprint density at radius 2 is 2.19 bits per heavy atom. The molecule has 94 valence electrons. The van der Waals surface area contributed by atoms with Crippen molar-refractivity contribution in [2.24, 2.45) is 5.92 Å². The first-order valence-corrected chi connectivity index (χ1v) is 5.74. The van der Waals surface area contributed by atoms with Crippen LogP contribution in [0.3, 0.4) is 0 Å². The molecule has 3 nitrogen and oxygen atoms in total. The molecule has 0 heterocycles. The molecular weight excluding hydrogens is 243 g/mol. The molecule has 0 aromatic heterocycles. The fourth-order valence-corrected chi connectivity index (χ4v) is 1.52. The summed E-state index contributed by atoms with van der Waals surface area (Å²) in [6.45, 7) is 3.25. The molecule has 1 unspecified atom stereocenters. The zero-order valence-corrected chi connectivity index (χ0v) is 9.40. The van der Waals surface area contributed by atoms with Crippen molar-refractivity contribution in [2.45, 2.75) is 6.18 Å². The number of carbonyl (C=O) groups is 1. The number of rotatable bonds is 8. The molecule has 0 radical (unpaired) electrons. The van der Waals surface area contributed by atoms with Gasteiger partial charge in [0.25, 0.3) is 0 Å². The number of alkyl halides is 3. The quantitative estimate of drug-likeness (QED) is 0.514. The van der Waals surface area contributed by atoms with Gasteiger partial charge >= 0.3 is 12.1 Å². The zero-order valence-electron chi connectivity index (χ0n) is 8.59. The summed E-state index contributed by atoms with van der Waals surface area (Å²) in [6, 6.07) is 0. The third-order valence-electron chi connectivity index (χ3n) is 1.70. The fraction of sp³-hybridized carbons (Fsp3) is 0.667. The second-order valence-electron chi connectivity index (χ2n) is 3.00. The van der Waals surface area contributed by atoms with Crippen molar-refractivity contribution in [3.63, 3.8) is 0 Å². The monoisotopic (exact) mass is 257 g/mol. The Balaban J connectivity index is 3.78. The van der Waals surface area contributed by atoms with E-state index in [1.165, 1.54) is 11.8 Å². The summed E-state index contributed by atoms with van der Waals surface area (Å²) in [6.07, 6.45) is -3.01. The molecule has 16 heavy (non-hydrogen) atoms. The maximum atomic E-state index is 12.2. The van der Waals surface area contributed by atoms with Gasteiger partial charge in [0.05, 0.1) is 0 Å². The summed E-state index contributed by atoms with van der Waals surface area (Å²) >= 11 is 1.51. The van der Waals surface area contributed by atoms with Gasteiger partial charge in [0.1, 0.15) is 0 Å². The molecule has 0 spiro atoms. The van der Waals surface area contributed by atoms with Gasteiger partial charge in [0, 0.05) is 24.6 Å². The molecule has 0 saturated heterocycles. The summed E-state index contributed by atoms with van der Waals surface area (Å²) in [7, 11) is 0. The minimum Gasteiger partial charge on any atom is -0.481 e. The lowest BCUT2D eigenvalue weighted by Gasteiger charge is -2.16. The highest BCUT2D eigenvalue weighted by Gasteiger charge is 2.44. The van der Waals surface area contributed by atoms with Crippen molar-refractivity contribution in [2.75, 3.05) is 24.6 Å².